The Balaban J connectivity index is 2.52. The minimum atomic E-state index is -0.0410. The van der Waals surface area contributed by atoms with Gasteiger partial charge in [-0.2, -0.15) is 0 Å². The molecule has 2 aromatic rings. The molecule has 0 bridgehead atoms. The molecule has 1 heterocycles. The van der Waals surface area contributed by atoms with Crippen LogP contribution in [0, 0.1) is 0 Å². The lowest BCUT2D eigenvalue weighted by molar-refractivity contribution is 0.112. The van der Waals surface area contributed by atoms with Crippen molar-refractivity contribution in [3.8, 4) is 0 Å². The van der Waals surface area contributed by atoms with Crippen molar-refractivity contribution < 1.29 is 14.6 Å². The predicted molar refractivity (Wildman–Crippen MR) is 74.8 cm³/mol. The number of nitrogens with zero attached hydrogens (tertiary/aromatic N) is 1. The summed E-state index contributed by atoms with van der Waals surface area (Å²) in [4.78, 5) is 11.2. The molecule has 0 radical (unpaired) electrons. The van der Waals surface area contributed by atoms with Gasteiger partial charge in [-0.3, -0.25) is 4.79 Å². The summed E-state index contributed by atoms with van der Waals surface area (Å²) >= 11 is 6.24. The molecule has 1 aromatic heterocycles. The Morgan fingerprint density at radius 3 is 2.89 bits per heavy atom. The van der Waals surface area contributed by atoms with Gasteiger partial charge in [-0.15, -0.1) is 0 Å². The van der Waals surface area contributed by atoms with Crippen LogP contribution in [0.5, 0.6) is 0 Å². The molecule has 2 rings (SSSR count). The maximum Gasteiger partial charge on any atom is 0.153 e. The van der Waals surface area contributed by atoms with Crippen LogP contribution >= 0.6 is 11.6 Å². The Bertz CT molecular complexity index is 592. The standard InChI is InChI=1S/C14H16ClNO3/c1-2-19-6-5-16-13-7-10(8-17)3-4-11(13)12(9-18)14(16)15/h3-4,7,9,17H,2,5-6,8H2,1H3. The van der Waals surface area contributed by atoms with E-state index in [1.54, 1.807) is 6.07 Å². The Hall–Kier alpha value is -1.36. The molecule has 102 valence electrons. The molecule has 0 aliphatic rings. The quantitative estimate of drug-likeness (QED) is 0.654. The van der Waals surface area contributed by atoms with Crippen molar-refractivity contribution in [3.05, 3.63) is 34.5 Å². The number of hydrogen-bond donors (Lipinski definition) is 1. The van der Waals surface area contributed by atoms with Crippen molar-refractivity contribution in [2.75, 3.05) is 13.2 Å². The number of ether oxygens (including phenoxy) is 1. The largest absolute Gasteiger partial charge is 0.392 e. The van der Waals surface area contributed by atoms with Gasteiger partial charge in [0, 0.05) is 18.5 Å². The van der Waals surface area contributed by atoms with Crippen molar-refractivity contribution in [2.45, 2.75) is 20.1 Å². The summed E-state index contributed by atoms with van der Waals surface area (Å²) in [6, 6.07) is 5.45. The van der Waals surface area contributed by atoms with Gasteiger partial charge in [0.1, 0.15) is 5.15 Å². The lowest BCUT2D eigenvalue weighted by Gasteiger charge is -2.07. The molecule has 0 spiro atoms. The smallest absolute Gasteiger partial charge is 0.153 e. The highest BCUT2D eigenvalue weighted by Crippen LogP contribution is 2.29. The predicted octanol–water partition coefficient (Wildman–Crippen LogP) is 2.64. The maximum absolute atomic E-state index is 11.2. The van der Waals surface area contributed by atoms with Crippen LogP contribution in [0.4, 0.5) is 0 Å². The highest BCUT2D eigenvalue weighted by atomic mass is 35.5. The molecule has 0 saturated carbocycles. The Morgan fingerprint density at radius 1 is 1.47 bits per heavy atom. The third kappa shape index (κ3) is 2.66. The molecular formula is C14H16ClNO3. The van der Waals surface area contributed by atoms with Gasteiger partial charge in [0.15, 0.2) is 6.29 Å². The first-order valence-electron chi connectivity index (χ1n) is 6.17. The highest BCUT2D eigenvalue weighted by Gasteiger charge is 2.15. The minimum Gasteiger partial charge on any atom is -0.392 e. The summed E-state index contributed by atoms with van der Waals surface area (Å²) in [5, 5.41) is 10.4. The number of hydrogen-bond acceptors (Lipinski definition) is 3. The summed E-state index contributed by atoms with van der Waals surface area (Å²) in [6.45, 7) is 3.63. The van der Waals surface area contributed by atoms with E-state index in [4.69, 9.17) is 16.3 Å². The fraction of sp³-hybridized carbons (Fsp3) is 0.357. The van der Waals surface area contributed by atoms with Crippen LogP contribution in [0.15, 0.2) is 18.2 Å². The molecule has 1 aromatic carbocycles. The summed E-state index contributed by atoms with van der Waals surface area (Å²) in [6.07, 6.45) is 0.764. The number of aldehydes is 1. The van der Waals surface area contributed by atoms with E-state index < -0.39 is 0 Å². The summed E-state index contributed by atoms with van der Waals surface area (Å²) < 4.78 is 7.17. The van der Waals surface area contributed by atoms with E-state index in [9.17, 15) is 9.90 Å². The number of aromatic nitrogens is 1. The van der Waals surface area contributed by atoms with Gasteiger partial charge in [0.25, 0.3) is 0 Å². The van der Waals surface area contributed by atoms with Gasteiger partial charge >= 0.3 is 0 Å². The van der Waals surface area contributed by atoms with Crippen LogP contribution in [-0.4, -0.2) is 29.2 Å². The summed E-state index contributed by atoms with van der Waals surface area (Å²) in [5.41, 5.74) is 2.12. The lowest BCUT2D eigenvalue weighted by atomic mass is 10.1. The zero-order valence-corrected chi connectivity index (χ0v) is 11.5. The molecule has 0 saturated heterocycles. The number of rotatable bonds is 6. The second-order valence-electron chi connectivity index (χ2n) is 4.18. The minimum absolute atomic E-state index is 0.0410. The van der Waals surface area contributed by atoms with Crippen molar-refractivity contribution in [1.29, 1.82) is 0 Å². The lowest BCUT2D eigenvalue weighted by Crippen LogP contribution is -2.06. The first kappa shape index (κ1) is 14.1. The monoisotopic (exact) mass is 281 g/mol. The Morgan fingerprint density at radius 2 is 2.26 bits per heavy atom. The molecule has 0 atom stereocenters. The van der Waals surface area contributed by atoms with E-state index in [1.807, 2.05) is 23.6 Å². The number of aliphatic hydroxyl groups excluding tert-OH is 1. The molecule has 1 N–H and O–H groups in total. The van der Waals surface area contributed by atoms with Gasteiger partial charge in [-0.25, -0.2) is 0 Å². The second kappa shape index (κ2) is 6.19. The number of carbonyl (C=O) groups excluding carboxylic acids is 1. The van der Waals surface area contributed by atoms with Gasteiger partial charge in [0.2, 0.25) is 0 Å². The number of benzene rings is 1. The van der Waals surface area contributed by atoms with Gasteiger partial charge in [-0.05, 0) is 18.6 Å². The molecule has 5 heteroatoms. The Labute approximate surface area is 116 Å². The van der Waals surface area contributed by atoms with E-state index in [-0.39, 0.29) is 6.61 Å². The van der Waals surface area contributed by atoms with E-state index in [0.717, 1.165) is 22.8 Å². The topological polar surface area (TPSA) is 51.5 Å². The molecule has 0 fully saturated rings. The van der Waals surface area contributed by atoms with Crippen molar-refractivity contribution in [1.82, 2.24) is 4.57 Å². The molecular weight excluding hydrogens is 266 g/mol. The van der Waals surface area contributed by atoms with Crippen LogP contribution in [-0.2, 0) is 17.9 Å². The van der Waals surface area contributed by atoms with Gasteiger partial charge in [-0.1, -0.05) is 23.7 Å². The SMILES string of the molecule is CCOCCn1c(Cl)c(C=O)c2ccc(CO)cc21. The zero-order chi connectivity index (χ0) is 13.8. The van der Waals surface area contributed by atoms with Gasteiger partial charge < -0.3 is 14.4 Å². The van der Waals surface area contributed by atoms with Crippen molar-refractivity contribution in [2.24, 2.45) is 0 Å². The summed E-state index contributed by atoms with van der Waals surface area (Å²) in [7, 11) is 0. The van der Waals surface area contributed by atoms with E-state index in [2.05, 4.69) is 0 Å². The average Bonchev–Trinajstić information content (AvgIpc) is 2.70. The second-order valence-corrected chi connectivity index (χ2v) is 4.54. The van der Waals surface area contributed by atoms with Crippen LogP contribution in [0.25, 0.3) is 10.9 Å². The third-order valence-electron chi connectivity index (χ3n) is 3.07. The molecule has 0 aliphatic heterocycles. The zero-order valence-electron chi connectivity index (χ0n) is 10.7. The van der Waals surface area contributed by atoms with Crippen molar-refractivity contribution in [3.63, 3.8) is 0 Å². The normalized spacial score (nSPS) is 11.1. The third-order valence-corrected chi connectivity index (χ3v) is 3.47. The number of halogens is 1. The molecule has 4 nitrogen and oxygen atoms in total. The number of fused-ring (bicyclic) bond motifs is 1. The first-order chi connectivity index (χ1) is 9.22. The fourth-order valence-electron chi connectivity index (χ4n) is 2.12. The van der Waals surface area contributed by atoms with Crippen LogP contribution in [0.1, 0.15) is 22.8 Å². The molecule has 0 aliphatic carbocycles. The molecule has 0 amide bonds. The Kier molecular flexibility index (Phi) is 4.58. The highest BCUT2D eigenvalue weighted by molar-refractivity contribution is 6.34. The van der Waals surface area contributed by atoms with E-state index >= 15 is 0 Å². The molecule has 0 unspecified atom stereocenters. The van der Waals surface area contributed by atoms with Crippen LogP contribution < -0.4 is 0 Å². The first-order valence-corrected chi connectivity index (χ1v) is 6.55. The van der Waals surface area contributed by atoms with E-state index in [1.165, 1.54) is 0 Å². The van der Waals surface area contributed by atoms with Crippen LogP contribution in [0.3, 0.4) is 0 Å². The summed E-state index contributed by atoms with van der Waals surface area (Å²) in [5.74, 6) is 0. The number of aliphatic hydroxyl groups is 1. The fourth-order valence-corrected chi connectivity index (χ4v) is 2.44. The molecule has 19 heavy (non-hydrogen) atoms. The van der Waals surface area contributed by atoms with Crippen LogP contribution in [0.2, 0.25) is 5.15 Å². The van der Waals surface area contributed by atoms with Gasteiger partial charge in [0.05, 0.1) is 24.3 Å². The average molecular weight is 282 g/mol. The number of carbonyl (C=O) groups is 1. The van der Waals surface area contributed by atoms with Crippen molar-refractivity contribution >= 4 is 28.8 Å². The van der Waals surface area contributed by atoms with E-state index in [0.29, 0.717) is 30.5 Å². The maximum atomic E-state index is 11.2.